The number of aliphatic hydroxyl groups is 1. The SMILES string of the molecule is CC(O)CC(CNC(=O)C1CC1C)c1ccccc1. The second-order valence-electron chi connectivity index (χ2n) is 5.76. The average molecular weight is 261 g/mol. The van der Waals surface area contributed by atoms with Gasteiger partial charge in [-0.3, -0.25) is 4.79 Å². The van der Waals surface area contributed by atoms with Gasteiger partial charge in [0.25, 0.3) is 0 Å². The van der Waals surface area contributed by atoms with E-state index in [1.807, 2.05) is 18.2 Å². The maximum atomic E-state index is 11.9. The number of rotatable bonds is 6. The quantitative estimate of drug-likeness (QED) is 0.825. The van der Waals surface area contributed by atoms with Crippen LogP contribution in [0.25, 0.3) is 0 Å². The van der Waals surface area contributed by atoms with Crippen molar-refractivity contribution in [1.82, 2.24) is 5.32 Å². The number of benzene rings is 1. The molecule has 19 heavy (non-hydrogen) atoms. The third kappa shape index (κ3) is 4.06. The van der Waals surface area contributed by atoms with E-state index in [-0.39, 0.29) is 23.8 Å². The van der Waals surface area contributed by atoms with Crippen molar-refractivity contribution < 1.29 is 9.90 Å². The molecule has 2 N–H and O–H groups in total. The van der Waals surface area contributed by atoms with Gasteiger partial charge in [-0.15, -0.1) is 0 Å². The summed E-state index contributed by atoms with van der Waals surface area (Å²) in [5.74, 6) is 1.09. The fourth-order valence-electron chi connectivity index (χ4n) is 2.52. The molecule has 1 amide bonds. The van der Waals surface area contributed by atoms with E-state index in [0.29, 0.717) is 18.9 Å². The molecule has 1 aliphatic rings. The van der Waals surface area contributed by atoms with Crippen LogP contribution < -0.4 is 5.32 Å². The van der Waals surface area contributed by atoms with Gasteiger partial charge in [0.1, 0.15) is 0 Å². The highest BCUT2D eigenvalue weighted by atomic mass is 16.3. The van der Waals surface area contributed by atoms with Gasteiger partial charge in [-0.25, -0.2) is 0 Å². The van der Waals surface area contributed by atoms with Gasteiger partial charge in [0.15, 0.2) is 0 Å². The van der Waals surface area contributed by atoms with E-state index in [1.54, 1.807) is 6.92 Å². The summed E-state index contributed by atoms with van der Waals surface area (Å²) in [7, 11) is 0. The molecule has 0 saturated heterocycles. The number of amides is 1. The second kappa shape index (κ2) is 6.20. The molecule has 1 aromatic carbocycles. The standard InChI is InChI=1S/C16H23NO2/c1-11-8-15(11)16(19)17-10-14(9-12(2)18)13-6-4-3-5-7-13/h3-7,11-12,14-15,18H,8-10H2,1-2H3,(H,17,19). The number of hydrogen-bond acceptors (Lipinski definition) is 2. The highest BCUT2D eigenvalue weighted by Crippen LogP contribution is 2.37. The largest absolute Gasteiger partial charge is 0.393 e. The predicted octanol–water partition coefficient (Wildman–Crippen LogP) is 2.31. The molecule has 104 valence electrons. The van der Waals surface area contributed by atoms with Gasteiger partial charge in [0.2, 0.25) is 5.91 Å². The number of hydrogen-bond donors (Lipinski definition) is 2. The molecule has 2 rings (SSSR count). The van der Waals surface area contributed by atoms with Crippen LogP contribution in [0.2, 0.25) is 0 Å². The molecular weight excluding hydrogens is 238 g/mol. The van der Waals surface area contributed by atoms with Crippen molar-refractivity contribution in [1.29, 1.82) is 0 Å². The van der Waals surface area contributed by atoms with E-state index >= 15 is 0 Å². The molecule has 1 saturated carbocycles. The molecule has 3 heteroatoms. The Morgan fingerprint density at radius 1 is 1.42 bits per heavy atom. The van der Waals surface area contributed by atoms with E-state index in [4.69, 9.17) is 0 Å². The van der Waals surface area contributed by atoms with Crippen molar-refractivity contribution >= 4 is 5.91 Å². The summed E-state index contributed by atoms with van der Waals surface area (Å²) in [6.07, 6.45) is 1.32. The first kappa shape index (κ1) is 14.1. The molecule has 1 aliphatic carbocycles. The Kier molecular flexibility index (Phi) is 4.59. The van der Waals surface area contributed by atoms with E-state index in [9.17, 15) is 9.90 Å². The number of carbonyl (C=O) groups is 1. The molecule has 1 aromatic rings. The fourth-order valence-corrected chi connectivity index (χ4v) is 2.52. The molecule has 4 atom stereocenters. The first-order valence-electron chi connectivity index (χ1n) is 7.08. The van der Waals surface area contributed by atoms with E-state index in [0.717, 1.165) is 6.42 Å². The molecule has 1 fully saturated rings. The van der Waals surface area contributed by atoms with Gasteiger partial charge in [-0.05, 0) is 31.2 Å². The summed E-state index contributed by atoms with van der Waals surface area (Å²) in [5.41, 5.74) is 1.17. The van der Waals surface area contributed by atoms with Gasteiger partial charge in [-0.1, -0.05) is 37.3 Å². The number of nitrogens with one attached hydrogen (secondary N) is 1. The maximum Gasteiger partial charge on any atom is 0.223 e. The lowest BCUT2D eigenvalue weighted by atomic mass is 9.93. The van der Waals surface area contributed by atoms with E-state index < -0.39 is 0 Å². The monoisotopic (exact) mass is 261 g/mol. The highest BCUT2D eigenvalue weighted by molar-refractivity contribution is 5.81. The highest BCUT2D eigenvalue weighted by Gasteiger charge is 2.39. The normalized spacial score (nSPS) is 24.6. The first-order valence-corrected chi connectivity index (χ1v) is 7.08. The second-order valence-corrected chi connectivity index (χ2v) is 5.76. The summed E-state index contributed by atoms with van der Waals surface area (Å²) < 4.78 is 0. The molecule has 0 heterocycles. The predicted molar refractivity (Wildman–Crippen MR) is 75.8 cm³/mol. The van der Waals surface area contributed by atoms with Crippen LogP contribution in [0.15, 0.2) is 30.3 Å². The van der Waals surface area contributed by atoms with Crippen LogP contribution >= 0.6 is 0 Å². The van der Waals surface area contributed by atoms with E-state index in [1.165, 1.54) is 5.56 Å². The van der Waals surface area contributed by atoms with Crippen LogP contribution in [0.5, 0.6) is 0 Å². The van der Waals surface area contributed by atoms with E-state index in [2.05, 4.69) is 24.4 Å². The minimum absolute atomic E-state index is 0.166. The zero-order valence-corrected chi connectivity index (χ0v) is 11.7. The van der Waals surface area contributed by atoms with Gasteiger partial charge < -0.3 is 10.4 Å². The number of aliphatic hydroxyl groups excluding tert-OH is 1. The zero-order valence-electron chi connectivity index (χ0n) is 11.7. The summed E-state index contributed by atoms with van der Waals surface area (Å²) >= 11 is 0. The van der Waals surface area contributed by atoms with Crippen LogP contribution in [0.1, 0.15) is 38.2 Å². The topological polar surface area (TPSA) is 49.3 Å². The zero-order chi connectivity index (χ0) is 13.8. The minimum atomic E-state index is -0.359. The maximum absolute atomic E-state index is 11.9. The average Bonchev–Trinajstić information content (AvgIpc) is 3.12. The molecular formula is C16H23NO2. The van der Waals surface area contributed by atoms with Crippen molar-refractivity contribution in [3.63, 3.8) is 0 Å². The number of carbonyl (C=O) groups excluding carboxylic acids is 1. The van der Waals surface area contributed by atoms with Crippen LogP contribution in [-0.4, -0.2) is 23.7 Å². The Morgan fingerprint density at radius 3 is 2.58 bits per heavy atom. The van der Waals surface area contributed by atoms with Crippen molar-refractivity contribution in [2.75, 3.05) is 6.54 Å². The lowest BCUT2D eigenvalue weighted by Crippen LogP contribution is -2.31. The Balaban J connectivity index is 1.92. The summed E-state index contributed by atoms with van der Waals surface area (Å²) in [5, 5.41) is 12.6. The van der Waals surface area contributed by atoms with Crippen molar-refractivity contribution in [3.05, 3.63) is 35.9 Å². The van der Waals surface area contributed by atoms with Crippen molar-refractivity contribution in [2.24, 2.45) is 11.8 Å². The Hall–Kier alpha value is -1.35. The van der Waals surface area contributed by atoms with Gasteiger partial charge >= 0.3 is 0 Å². The summed E-state index contributed by atoms with van der Waals surface area (Å²) in [6, 6.07) is 10.1. The Labute approximate surface area is 115 Å². The Bertz CT molecular complexity index is 416. The first-order chi connectivity index (χ1) is 9.08. The molecule has 0 radical (unpaired) electrons. The molecule has 0 bridgehead atoms. The third-order valence-corrected chi connectivity index (χ3v) is 3.87. The van der Waals surface area contributed by atoms with Gasteiger partial charge in [0, 0.05) is 18.4 Å². The van der Waals surface area contributed by atoms with Crippen LogP contribution in [0.3, 0.4) is 0 Å². The molecule has 3 nitrogen and oxygen atoms in total. The van der Waals surface area contributed by atoms with Crippen LogP contribution in [0, 0.1) is 11.8 Å². The molecule has 4 unspecified atom stereocenters. The molecule has 0 aromatic heterocycles. The smallest absolute Gasteiger partial charge is 0.223 e. The molecule has 0 spiro atoms. The third-order valence-electron chi connectivity index (χ3n) is 3.87. The van der Waals surface area contributed by atoms with Crippen molar-refractivity contribution in [3.8, 4) is 0 Å². The summed E-state index contributed by atoms with van der Waals surface area (Å²) in [6.45, 7) is 4.51. The van der Waals surface area contributed by atoms with Gasteiger partial charge in [-0.2, -0.15) is 0 Å². The van der Waals surface area contributed by atoms with Crippen LogP contribution in [-0.2, 0) is 4.79 Å². The Morgan fingerprint density at radius 2 is 2.05 bits per heavy atom. The van der Waals surface area contributed by atoms with Gasteiger partial charge in [0.05, 0.1) is 6.10 Å². The summed E-state index contributed by atoms with van der Waals surface area (Å²) in [4.78, 5) is 11.9. The molecule has 0 aliphatic heterocycles. The van der Waals surface area contributed by atoms with Crippen LogP contribution in [0.4, 0.5) is 0 Å². The minimum Gasteiger partial charge on any atom is -0.393 e. The fraction of sp³-hybridized carbons (Fsp3) is 0.562. The lowest BCUT2D eigenvalue weighted by molar-refractivity contribution is -0.122. The lowest BCUT2D eigenvalue weighted by Gasteiger charge is -2.19. The van der Waals surface area contributed by atoms with Crippen molar-refractivity contribution in [2.45, 2.75) is 38.7 Å².